The van der Waals surface area contributed by atoms with Crippen LogP contribution in [0.1, 0.15) is 43.5 Å². The van der Waals surface area contributed by atoms with Crippen LogP contribution < -0.4 is 15.4 Å². The van der Waals surface area contributed by atoms with Gasteiger partial charge in [0, 0.05) is 35.4 Å². The molecular weight excluding hydrogens is 390 g/mol. The average molecular weight is 420 g/mol. The third-order valence-corrected chi connectivity index (χ3v) is 5.33. The number of hydrogen-bond donors (Lipinski definition) is 2. The zero-order valence-electron chi connectivity index (χ0n) is 17.7. The first kappa shape index (κ1) is 21.5. The van der Waals surface area contributed by atoms with Gasteiger partial charge in [0.2, 0.25) is 0 Å². The van der Waals surface area contributed by atoms with Gasteiger partial charge in [-0.05, 0) is 45.0 Å². The van der Waals surface area contributed by atoms with Crippen LogP contribution in [-0.2, 0) is 13.0 Å². The molecule has 2 aromatic rings. The third kappa shape index (κ3) is 4.85. The summed E-state index contributed by atoms with van der Waals surface area (Å²) in [5.74, 6) is 0.851. The van der Waals surface area contributed by atoms with Gasteiger partial charge in [0.1, 0.15) is 17.7 Å². The van der Waals surface area contributed by atoms with Crippen molar-refractivity contribution in [3.63, 3.8) is 0 Å². The first-order chi connectivity index (χ1) is 13.7. The van der Waals surface area contributed by atoms with Crippen molar-refractivity contribution in [1.29, 1.82) is 0 Å². The Hall–Kier alpha value is -2.25. The molecule has 0 saturated carbocycles. The molecule has 1 aliphatic rings. The number of anilines is 2. The molecule has 0 fully saturated rings. The number of benzene rings is 1. The maximum absolute atomic E-state index is 10.1. The number of ether oxygens (including phenoxy) is 1. The van der Waals surface area contributed by atoms with Crippen LogP contribution in [0, 0.1) is 0 Å². The number of aromatic hydroxyl groups is 1. The summed E-state index contributed by atoms with van der Waals surface area (Å²) in [5, 5.41) is 10.7. The number of nitrogens with zero attached hydrogens (tertiary/aromatic N) is 4. The summed E-state index contributed by atoms with van der Waals surface area (Å²) in [7, 11) is 3.99. The summed E-state index contributed by atoms with van der Waals surface area (Å²) < 4.78 is 5.89. The van der Waals surface area contributed by atoms with E-state index in [9.17, 15) is 5.11 Å². The van der Waals surface area contributed by atoms with E-state index in [4.69, 9.17) is 22.1 Å². The molecule has 0 spiro atoms. The zero-order valence-corrected chi connectivity index (χ0v) is 18.5. The second-order valence-electron chi connectivity index (χ2n) is 8.19. The zero-order chi connectivity index (χ0) is 21.3. The van der Waals surface area contributed by atoms with Gasteiger partial charge in [0.05, 0.1) is 12.2 Å². The van der Waals surface area contributed by atoms with Crippen molar-refractivity contribution in [2.24, 2.45) is 0 Å². The van der Waals surface area contributed by atoms with Crippen molar-refractivity contribution in [1.82, 2.24) is 14.9 Å². The molecule has 0 bridgehead atoms. The monoisotopic (exact) mass is 419 g/mol. The van der Waals surface area contributed by atoms with Crippen molar-refractivity contribution >= 4 is 23.1 Å². The molecule has 1 aliphatic heterocycles. The summed E-state index contributed by atoms with van der Waals surface area (Å²) in [6.07, 6.45) is 0.666. The van der Waals surface area contributed by atoms with Gasteiger partial charge >= 0.3 is 6.01 Å². The minimum atomic E-state index is -0.0560. The second-order valence-corrected chi connectivity index (χ2v) is 8.60. The van der Waals surface area contributed by atoms with Gasteiger partial charge in [-0.15, -0.1) is 0 Å². The Labute approximate surface area is 177 Å². The van der Waals surface area contributed by atoms with Crippen molar-refractivity contribution in [2.75, 3.05) is 37.8 Å². The fourth-order valence-electron chi connectivity index (χ4n) is 3.85. The molecular formula is C21H30ClN5O2. The van der Waals surface area contributed by atoms with Gasteiger partial charge in [-0.25, -0.2) is 0 Å². The average Bonchev–Trinajstić information content (AvgIpc) is 2.59. The van der Waals surface area contributed by atoms with Crippen LogP contribution in [0.3, 0.4) is 0 Å². The van der Waals surface area contributed by atoms with Crippen molar-refractivity contribution in [2.45, 2.75) is 45.8 Å². The van der Waals surface area contributed by atoms with E-state index in [1.165, 1.54) is 0 Å². The predicted octanol–water partition coefficient (Wildman–Crippen LogP) is 3.43. The van der Waals surface area contributed by atoms with Crippen LogP contribution in [0.25, 0.3) is 0 Å². The highest BCUT2D eigenvalue weighted by Gasteiger charge is 2.26. The Balaban J connectivity index is 1.91. The van der Waals surface area contributed by atoms with E-state index in [1.54, 1.807) is 12.1 Å². The SMILES string of the molecule is CC(C)c1c(Cl)cc(O)cc1N1CCc2c(N)nc(O[C@H](C)CN(C)C)nc2C1. The normalized spacial score (nSPS) is 15.0. The molecule has 0 unspecified atom stereocenters. The number of hydrogen-bond acceptors (Lipinski definition) is 7. The lowest BCUT2D eigenvalue weighted by atomic mass is 9.97. The van der Waals surface area contributed by atoms with Gasteiger partial charge in [-0.2, -0.15) is 9.97 Å². The smallest absolute Gasteiger partial charge is 0.318 e. The third-order valence-electron chi connectivity index (χ3n) is 5.02. The van der Waals surface area contributed by atoms with Gasteiger partial charge in [-0.1, -0.05) is 25.4 Å². The highest BCUT2D eigenvalue weighted by molar-refractivity contribution is 6.32. The number of phenolic OH excluding ortho intramolecular Hbond substituents is 1. The fraction of sp³-hybridized carbons (Fsp3) is 0.524. The Morgan fingerprint density at radius 2 is 2.00 bits per heavy atom. The molecule has 29 heavy (non-hydrogen) atoms. The lowest BCUT2D eigenvalue weighted by Crippen LogP contribution is -2.33. The van der Waals surface area contributed by atoms with Crippen molar-refractivity contribution < 1.29 is 9.84 Å². The molecule has 1 aromatic heterocycles. The standard InChI is InChI=1S/C21H30ClN5O2/c1-12(2)19-16(22)8-14(28)9-18(19)27-7-6-15-17(11-27)24-21(25-20(15)23)29-13(3)10-26(4)5/h8-9,12-13,28H,6-7,10-11H2,1-5H3,(H2,23,24,25)/t13-/m1/s1. The minimum Gasteiger partial charge on any atom is -0.508 e. The van der Waals surface area contributed by atoms with Crippen LogP contribution in [0.2, 0.25) is 5.02 Å². The molecule has 0 saturated heterocycles. The first-order valence-corrected chi connectivity index (χ1v) is 10.3. The van der Waals surface area contributed by atoms with Crippen molar-refractivity contribution in [3.05, 3.63) is 34.0 Å². The molecule has 2 heterocycles. The maximum Gasteiger partial charge on any atom is 0.318 e. The lowest BCUT2D eigenvalue weighted by Gasteiger charge is -2.33. The Morgan fingerprint density at radius 1 is 1.28 bits per heavy atom. The number of aromatic nitrogens is 2. The van der Waals surface area contributed by atoms with Crippen LogP contribution in [-0.4, -0.2) is 53.3 Å². The van der Waals surface area contributed by atoms with E-state index in [-0.39, 0.29) is 17.8 Å². The van der Waals surface area contributed by atoms with Gasteiger partial charge < -0.3 is 25.4 Å². The molecule has 1 atom stereocenters. The maximum atomic E-state index is 10.1. The molecule has 3 rings (SSSR count). The summed E-state index contributed by atoms with van der Waals surface area (Å²) in [5.41, 5.74) is 9.97. The topological polar surface area (TPSA) is 87.7 Å². The molecule has 0 amide bonds. The molecule has 158 valence electrons. The highest BCUT2D eigenvalue weighted by Crippen LogP contribution is 2.39. The number of likely N-dealkylation sites (N-methyl/N-ethyl adjacent to an activating group) is 1. The van der Waals surface area contributed by atoms with Crippen LogP contribution in [0.5, 0.6) is 11.8 Å². The molecule has 0 aliphatic carbocycles. The molecule has 8 heteroatoms. The van der Waals surface area contributed by atoms with Crippen LogP contribution in [0.15, 0.2) is 12.1 Å². The summed E-state index contributed by atoms with van der Waals surface area (Å²) in [4.78, 5) is 13.2. The number of halogens is 1. The lowest BCUT2D eigenvalue weighted by molar-refractivity contribution is 0.163. The van der Waals surface area contributed by atoms with E-state index in [2.05, 4.69) is 28.7 Å². The van der Waals surface area contributed by atoms with Crippen molar-refractivity contribution in [3.8, 4) is 11.8 Å². The van der Waals surface area contributed by atoms with Gasteiger partial charge in [-0.3, -0.25) is 0 Å². The number of nitrogen functional groups attached to an aromatic ring is 1. The number of rotatable bonds is 6. The Morgan fingerprint density at radius 3 is 2.66 bits per heavy atom. The largest absolute Gasteiger partial charge is 0.508 e. The number of nitrogens with two attached hydrogens (primary N) is 1. The molecule has 1 aromatic carbocycles. The second kappa shape index (κ2) is 8.63. The van der Waals surface area contributed by atoms with Gasteiger partial charge in [0.15, 0.2) is 0 Å². The van der Waals surface area contributed by atoms with E-state index in [0.29, 0.717) is 23.4 Å². The van der Waals surface area contributed by atoms with Crippen LogP contribution >= 0.6 is 11.6 Å². The number of phenols is 1. The number of fused-ring (bicyclic) bond motifs is 1. The first-order valence-electron chi connectivity index (χ1n) is 9.89. The van der Waals surface area contributed by atoms with E-state index in [0.717, 1.165) is 42.0 Å². The predicted molar refractivity (Wildman–Crippen MR) is 117 cm³/mol. The van der Waals surface area contributed by atoms with E-state index in [1.807, 2.05) is 25.9 Å². The minimum absolute atomic E-state index is 0.0560. The van der Waals surface area contributed by atoms with E-state index >= 15 is 0 Å². The summed E-state index contributed by atoms with van der Waals surface area (Å²) >= 11 is 6.44. The van der Waals surface area contributed by atoms with Crippen LogP contribution in [0.4, 0.5) is 11.5 Å². The highest BCUT2D eigenvalue weighted by atomic mass is 35.5. The quantitative estimate of drug-likeness (QED) is 0.741. The summed E-state index contributed by atoms with van der Waals surface area (Å²) in [6, 6.07) is 3.67. The molecule has 3 N–H and O–H groups in total. The summed E-state index contributed by atoms with van der Waals surface area (Å²) in [6.45, 7) is 8.23. The molecule has 0 radical (unpaired) electrons. The van der Waals surface area contributed by atoms with E-state index < -0.39 is 0 Å². The molecule has 7 nitrogen and oxygen atoms in total. The Kier molecular flexibility index (Phi) is 6.39. The van der Waals surface area contributed by atoms with Gasteiger partial charge in [0.25, 0.3) is 0 Å². The Bertz CT molecular complexity index is 888. The fourth-order valence-corrected chi connectivity index (χ4v) is 4.28.